The molecule has 1 N–H and O–H groups in total. The summed E-state index contributed by atoms with van der Waals surface area (Å²) >= 11 is 3.36. The first-order valence-electron chi connectivity index (χ1n) is 4.03. The molecule has 1 aromatic rings. The monoisotopic (exact) mass is 241 g/mol. The highest BCUT2D eigenvalue weighted by molar-refractivity contribution is 9.10. The van der Waals surface area contributed by atoms with E-state index in [9.17, 15) is 4.79 Å². The number of carbonyl (C=O) groups is 1. The number of aromatic nitrogens is 1. The maximum atomic E-state index is 10.6. The first-order chi connectivity index (χ1) is 6.20. The van der Waals surface area contributed by atoms with Crippen molar-refractivity contribution >= 4 is 21.9 Å². The lowest BCUT2D eigenvalue weighted by atomic mass is 10.2. The SMILES string of the molecule is O=C(O)[C@@H]1C[C@H]1c1ncccc1Br. The third kappa shape index (κ3) is 1.58. The second-order valence-corrected chi connectivity index (χ2v) is 4.01. The van der Waals surface area contributed by atoms with Gasteiger partial charge in [0.1, 0.15) is 0 Å². The maximum Gasteiger partial charge on any atom is 0.307 e. The van der Waals surface area contributed by atoms with E-state index in [1.54, 1.807) is 6.20 Å². The summed E-state index contributed by atoms with van der Waals surface area (Å²) in [4.78, 5) is 14.8. The van der Waals surface area contributed by atoms with Gasteiger partial charge in [0.2, 0.25) is 0 Å². The summed E-state index contributed by atoms with van der Waals surface area (Å²) in [6.07, 6.45) is 2.41. The normalized spacial score (nSPS) is 25.6. The Morgan fingerprint density at radius 2 is 2.46 bits per heavy atom. The second kappa shape index (κ2) is 3.10. The number of hydrogen-bond acceptors (Lipinski definition) is 2. The van der Waals surface area contributed by atoms with Crippen LogP contribution in [0.4, 0.5) is 0 Å². The molecule has 0 saturated heterocycles. The van der Waals surface area contributed by atoms with Crippen molar-refractivity contribution in [3.8, 4) is 0 Å². The van der Waals surface area contributed by atoms with Crippen LogP contribution in [0, 0.1) is 5.92 Å². The van der Waals surface area contributed by atoms with E-state index in [0.717, 1.165) is 10.2 Å². The standard InChI is InChI=1S/C9H8BrNO2/c10-7-2-1-3-11-8(7)5-4-6(5)9(12)13/h1-3,5-6H,4H2,(H,12,13)/t5-,6-/m1/s1. The molecule has 3 nitrogen and oxygen atoms in total. The predicted octanol–water partition coefficient (Wildman–Crippen LogP) is 2.03. The molecule has 0 aliphatic heterocycles. The molecule has 4 heteroatoms. The zero-order valence-electron chi connectivity index (χ0n) is 6.77. The average Bonchev–Trinajstić information content (AvgIpc) is 2.84. The minimum absolute atomic E-state index is 0.105. The van der Waals surface area contributed by atoms with Gasteiger partial charge < -0.3 is 5.11 Å². The first-order valence-corrected chi connectivity index (χ1v) is 4.82. The van der Waals surface area contributed by atoms with Crippen molar-refractivity contribution in [2.45, 2.75) is 12.3 Å². The third-order valence-corrected chi connectivity index (χ3v) is 2.92. The van der Waals surface area contributed by atoms with E-state index in [4.69, 9.17) is 5.11 Å². The minimum Gasteiger partial charge on any atom is -0.481 e. The summed E-state index contributed by atoms with van der Waals surface area (Å²) in [6.45, 7) is 0. The smallest absolute Gasteiger partial charge is 0.307 e. The summed E-state index contributed by atoms with van der Waals surface area (Å²) in [5, 5.41) is 8.73. The molecular formula is C9H8BrNO2. The van der Waals surface area contributed by atoms with E-state index in [0.29, 0.717) is 6.42 Å². The Morgan fingerprint density at radius 3 is 3.00 bits per heavy atom. The van der Waals surface area contributed by atoms with E-state index < -0.39 is 5.97 Å². The van der Waals surface area contributed by atoms with Crippen molar-refractivity contribution in [1.82, 2.24) is 4.98 Å². The van der Waals surface area contributed by atoms with Crippen LogP contribution in [0.5, 0.6) is 0 Å². The molecule has 1 fully saturated rings. The number of carboxylic acid groups (broad SMARTS) is 1. The van der Waals surface area contributed by atoms with E-state index >= 15 is 0 Å². The van der Waals surface area contributed by atoms with E-state index in [1.165, 1.54) is 0 Å². The molecule has 2 atom stereocenters. The molecular weight excluding hydrogens is 234 g/mol. The van der Waals surface area contributed by atoms with Crippen LogP contribution in [0.3, 0.4) is 0 Å². The Morgan fingerprint density at radius 1 is 1.69 bits per heavy atom. The van der Waals surface area contributed by atoms with Gasteiger partial charge in [-0.25, -0.2) is 0 Å². The van der Waals surface area contributed by atoms with Gasteiger partial charge in [-0.3, -0.25) is 9.78 Å². The fourth-order valence-electron chi connectivity index (χ4n) is 1.44. The molecule has 1 saturated carbocycles. The van der Waals surface area contributed by atoms with Crippen LogP contribution in [0.25, 0.3) is 0 Å². The van der Waals surface area contributed by atoms with Gasteiger partial charge in [0.05, 0.1) is 11.6 Å². The number of rotatable bonds is 2. The molecule has 1 aliphatic carbocycles. The first kappa shape index (κ1) is 8.69. The van der Waals surface area contributed by atoms with Gasteiger partial charge in [-0.1, -0.05) is 0 Å². The maximum absolute atomic E-state index is 10.6. The van der Waals surface area contributed by atoms with Crippen molar-refractivity contribution in [3.63, 3.8) is 0 Å². The zero-order chi connectivity index (χ0) is 9.42. The molecule has 13 heavy (non-hydrogen) atoms. The van der Waals surface area contributed by atoms with Crippen molar-refractivity contribution in [2.75, 3.05) is 0 Å². The number of nitrogens with zero attached hydrogens (tertiary/aromatic N) is 1. The Labute approximate surface area is 83.9 Å². The van der Waals surface area contributed by atoms with Crippen LogP contribution in [-0.2, 0) is 4.79 Å². The number of pyridine rings is 1. The minimum atomic E-state index is -0.720. The topological polar surface area (TPSA) is 50.2 Å². The summed E-state index contributed by atoms with van der Waals surface area (Å²) in [5.41, 5.74) is 0.870. The fourth-order valence-corrected chi connectivity index (χ4v) is 1.99. The van der Waals surface area contributed by atoms with E-state index in [1.807, 2.05) is 12.1 Å². The molecule has 0 spiro atoms. The average molecular weight is 242 g/mol. The predicted molar refractivity (Wildman–Crippen MR) is 50.4 cm³/mol. The molecule has 1 aliphatic rings. The Hall–Kier alpha value is -0.900. The fraction of sp³-hybridized carbons (Fsp3) is 0.333. The van der Waals surface area contributed by atoms with Gasteiger partial charge in [-0.15, -0.1) is 0 Å². The van der Waals surface area contributed by atoms with Gasteiger partial charge >= 0.3 is 5.97 Å². The van der Waals surface area contributed by atoms with Crippen molar-refractivity contribution in [2.24, 2.45) is 5.92 Å². The van der Waals surface area contributed by atoms with Crippen molar-refractivity contribution in [1.29, 1.82) is 0 Å². The molecule has 0 radical (unpaired) electrons. The number of hydrogen-bond donors (Lipinski definition) is 1. The number of halogens is 1. The molecule has 0 aromatic carbocycles. The van der Waals surface area contributed by atoms with Gasteiger partial charge in [-0.2, -0.15) is 0 Å². The van der Waals surface area contributed by atoms with E-state index in [2.05, 4.69) is 20.9 Å². The van der Waals surface area contributed by atoms with Gasteiger partial charge in [0.25, 0.3) is 0 Å². The third-order valence-electron chi connectivity index (χ3n) is 2.25. The van der Waals surface area contributed by atoms with Crippen LogP contribution in [0.1, 0.15) is 18.0 Å². The lowest BCUT2D eigenvalue weighted by molar-refractivity contribution is -0.138. The highest BCUT2D eigenvalue weighted by atomic mass is 79.9. The zero-order valence-corrected chi connectivity index (χ0v) is 8.36. The molecule has 0 amide bonds. The molecule has 1 aromatic heterocycles. The van der Waals surface area contributed by atoms with Crippen LogP contribution in [-0.4, -0.2) is 16.1 Å². The van der Waals surface area contributed by atoms with E-state index in [-0.39, 0.29) is 11.8 Å². The highest BCUT2D eigenvalue weighted by Gasteiger charge is 2.45. The largest absolute Gasteiger partial charge is 0.481 e. The quantitative estimate of drug-likeness (QED) is 0.863. The molecule has 1 heterocycles. The van der Waals surface area contributed by atoms with Crippen LogP contribution in [0.2, 0.25) is 0 Å². The summed E-state index contributed by atoms with van der Waals surface area (Å²) in [7, 11) is 0. The van der Waals surface area contributed by atoms with Crippen LogP contribution in [0.15, 0.2) is 22.8 Å². The van der Waals surface area contributed by atoms with Gasteiger partial charge in [-0.05, 0) is 34.5 Å². The lowest BCUT2D eigenvalue weighted by Crippen LogP contribution is -2.00. The van der Waals surface area contributed by atoms with Crippen LogP contribution >= 0.6 is 15.9 Å². The summed E-state index contributed by atoms with van der Waals surface area (Å²) in [5.74, 6) is -0.846. The second-order valence-electron chi connectivity index (χ2n) is 3.16. The summed E-state index contributed by atoms with van der Waals surface area (Å²) in [6, 6.07) is 3.71. The van der Waals surface area contributed by atoms with Gasteiger partial charge in [0.15, 0.2) is 0 Å². The molecule has 68 valence electrons. The number of carboxylic acids is 1. The van der Waals surface area contributed by atoms with Crippen molar-refractivity contribution in [3.05, 3.63) is 28.5 Å². The molecule has 2 rings (SSSR count). The molecule has 0 unspecified atom stereocenters. The van der Waals surface area contributed by atoms with Crippen LogP contribution < -0.4 is 0 Å². The van der Waals surface area contributed by atoms with Gasteiger partial charge in [0, 0.05) is 16.6 Å². The molecule has 0 bridgehead atoms. The summed E-state index contributed by atoms with van der Waals surface area (Å²) < 4.78 is 0.906. The highest BCUT2D eigenvalue weighted by Crippen LogP contribution is 2.48. The van der Waals surface area contributed by atoms with Crippen molar-refractivity contribution < 1.29 is 9.90 Å². The lowest BCUT2D eigenvalue weighted by Gasteiger charge is -1.99. The Kier molecular flexibility index (Phi) is 2.07. The Bertz CT molecular complexity index is 353. The Balaban J connectivity index is 2.21. The number of aliphatic carboxylic acids is 1.